The molecule has 0 aromatic heterocycles. The molecule has 1 unspecified atom stereocenters. The van der Waals surface area contributed by atoms with Gasteiger partial charge in [-0.15, -0.1) is 12.4 Å². The third-order valence-electron chi connectivity index (χ3n) is 2.86. The minimum Gasteiger partial charge on any atom is -0.328 e. The van der Waals surface area contributed by atoms with E-state index in [0.29, 0.717) is 12.8 Å². The van der Waals surface area contributed by atoms with Gasteiger partial charge in [0.1, 0.15) is 0 Å². The normalized spacial score (nSPS) is 12.5. The zero-order valence-electron chi connectivity index (χ0n) is 12.2. The number of carbonyl (C=O) groups excluding carboxylic acids is 1. The lowest BCUT2D eigenvalue weighted by molar-refractivity contribution is -0.116. The number of amides is 1. The van der Waals surface area contributed by atoms with E-state index < -0.39 is 0 Å². The molecular formula is C15H25ClN2O. The van der Waals surface area contributed by atoms with Gasteiger partial charge in [0.2, 0.25) is 5.91 Å². The predicted molar refractivity (Wildman–Crippen MR) is 83.9 cm³/mol. The van der Waals surface area contributed by atoms with Crippen molar-refractivity contribution in [1.82, 2.24) is 0 Å². The van der Waals surface area contributed by atoms with Crippen molar-refractivity contribution in [2.75, 3.05) is 5.32 Å². The monoisotopic (exact) mass is 284 g/mol. The van der Waals surface area contributed by atoms with Gasteiger partial charge in [-0.25, -0.2) is 0 Å². The predicted octanol–water partition coefficient (Wildman–Crippen LogP) is 3.47. The fraction of sp³-hybridized carbons (Fsp3) is 0.533. The van der Waals surface area contributed by atoms with Crippen LogP contribution >= 0.6 is 12.4 Å². The second-order valence-corrected chi connectivity index (χ2v) is 5.89. The van der Waals surface area contributed by atoms with Crippen LogP contribution in [-0.2, 0) is 10.2 Å². The molecule has 0 aliphatic rings. The van der Waals surface area contributed by atoms with Gasteiger partial charge in [-0.3, -0.25) is 4.79 Å². The second-order valence-electron chi connectivity index (χ2n) is 5.89. The van der Waals surface area contributed by atoms with Crippen molar-refractivity contribution in [3.8, 4) is 0 Å². The highest BCUT2D eigenvalue weighted by Crippen LogP contribution is 2.23. The zero-order valence-corrected chi connectivity index (χ0v) is 13.0. The summed E-state index contributed by atoms with van der Waals surface area (Å²) in [6.07, 6.45) is 1.19. The number of hydrogen-bond acceptors (Lipinski definition) is 2. The Kier molecular flexibility index (Phi) is 7.09. The molecule has 0 bridgehead atoms. The van der Waals surface area contributed by atoms with Crippen molar-refractivity contribution >= 4 is 24.0 Å². The van der Waals surface area contributed by atoms with E-state index in [0.717, 1.165) is 5.69 Å². The molecular weight excluding hydrogens is 260 g/mol. The number of hydrogen-bond donors (Lipinski definition) is 2. The van der Waals surface area contributed by atoms with E-state index >= 15 is 0 Å². The summed E-state index contributed by atoms with van der Waals surface area (Å²) < 4.78 is 0. The van der Waals surface area contributed by atoms with Gasteiger partial charge in [-0.1, -0.05) is 32.9 Å². The average Bonchev–Trinajstić information content (AvgIpc) is 2.26. The lowest BCUT2D eigenvalue weighted by Crippen LogP contribution is -2.19. The average molecular weight is 285 g/mol. The van der Waals surface area contributed by atoms with Crippen LogP contribution in [0.25, 0.3) is 0 Å². The Bertz CT molecular complexity index is 394. The van der Waals surface area contributed by atoms with Crippen molar-refractivity contribution in [2.45, 2.75) is 52.0 Å². The van der Waals surface area contributed by atoms with Crippen LogP contribution < -0.4 is 11.1 Å². The molecule has 0 fully saturated rings. The summed E-state index contributed by atoms with van der Waals surface area (Å²) in [4.78, 5) is 11.6. The fourth-order valence-electron chi connectivity index (χ4n) is 1.64. The summed E-state index contributed by atoms with van der Waals surface area (Å²) in [7, 11) is 0. The van der Waals surface area contributed by atoms with Crippen LogP contribution in [-0.4, -0.2) is 11.9 Å². The lowest BCUT2D eigenvalue weighted by atomic mass is 9.87. The van der Waals surface area contributed by atoms with E-state index in [2.05, 4.69) is 38.2 Å². The highest BCUT2D eigenvalue weighted by Gasteiger charge is 2.13. The number of carbonyl (C=O) groups is 1. The topological polar surface area (TPSA) is 55.1 Å². The second kappa shape index (κ2) is 7.51. The van der Waals surface area contributed by atoms with Crippen LogP contribution in [0.4, 0.5) is 5.69 Å². The quantitative estimate of drug-likeness (QED) is 0.889. The molecule has 0 radical (unpaired) electrons. The maximum absolute atomic E-state index is 11.6. The highest BCUT2D eigenvalue weighted by atomic mass is 35.5. The lowest BCUT2D eigenvalue weighted by Gasteiger charge is -2.19. The Morgan fingerprint density at radius 1 is 1.26 bits per heavy atom. The molecule has 4 heteroatoms. The standard InChI is InChI=1S/C15H24N2O.ClH/c1-11(16)5-10-14(18)17-13-8-6-12(7-9-13)15(2,3)4;/h6-9,11H,5,10,16H2,1-4H3,(H,17,18);1H. The SMILES string of the molecule is CC(N)CCC(=O)Nc1ccc(C(C)(C)C)cc1.Cl. The van der Waals surface area contributed by atoms with E-state index in [4.69, 9.17) is 5.73 Å². The first-order chi connectivity index (χ1) is 8.29. The molecule has 1 aromatic rings. The van der Waals surface area contributed by atoms with Crippen molar-refractivity contribution < 1.29 is 4.79 Å². The molecule has 0 aliphatic heterocycles. The van der Waals surface area contributed by atoms with Gasteiger partial charge in [-0.2, -0.15) is 0 Å². The Hall–Kier alpha value is -1.06. The fourth-order valence-corrected chi connectivity index (χ4v) is 1.64. The van der Waals surface area contributed by atoms with Gasteiger partial charge in [0, 0.05) is 18.2 Å². The van der Waals surface area contributed by atoms with Crippen LogP contribution in [0.2, 0.25) is 0 Å². The molecule has 108 valence electrons. The molecule has 1 aromatic carbocycles. The smallest absolute Gasteiger partial charge is 0.224 e. The molecule has 0 saturated heterocycles. The number of rotatable bonds is 4. The first-order valence-corrected chi connectivity index (χ1v) is 6.45. The summed E-state index contributed by atoms with van der Waals surface area (Å²) in [6, 6.07) is 8.08. The van der Waals surface area contributed by atoms with Crippen LogP contribution in [0.3, 0.4) is 0 Å². The van der Waals surface area contributed by atoms with Gasteiger partial charge >= 0.3 is 0 Å². The minimum absolute atomic E-state index is 0. The molecule has 0 saturated carbocycles. The maximum Gasteiger partial charge on any atom is 0.224 e. The minimum atomic E-state index is 0. The van der Waals surface area contributed by atoms with Crippen LogP contribution in [0.1, 0.15) is 46.1 Å². The summed E-state index contributed by atoms with van der Waals surface area (Å²) in [5, 5.41) is 2.88. The van der Waals surface area contributed by atoms with E-state index in [1.165, 1.54) is 5.56 Å². The largest absolute Gasteiger partial charge is 0.328 e. The van der Waals surface area contributed by atoms with Gasteiger partial charge < -0.3 is 11.1 Å². The highest BCUT2D eigenvalue weighted by molar-refractivity contribution is 5.90. The molecule has 0 aliphatic carbocycles. The molecule has 19 heavy (non-hydrogen) atoms. The van der Waals surface area contributed by atoms with Crippen LogP contribution in [0, 0.1) is 0 Å². The summed E-state index contributed by atoms with van der Waals surface area (Å²) in [5.41, 5.74) is 7.86. The molecule has 0 heterocycles. The van der Waals surface area contributed by atoms with Crippen molar-refractivity contribution in [1.29, 1.82) is 0 Å². The van der Waals surface area contributed by atoms with Gasteiger partial charge in [0.05, 0.1) is 0 Å². The van der Waals surface area contributed by atoms with E-state index in [1.54, 1.807) is 0 Å². The molecule has 1 amide bonds. The van der Waals surface area contributed by atoms with E-state index in [-0.39, 0.29) is 29.8 Å². The zero-order chi connectivity index (χ0) is 13.8. The summed E-state index contributed by atoms with van der Waals surface area (Å²) in [6.45, 7) is 8.42. The first kappa shape index (κ1) is 17.9. The molecule has 3 nitrogen and oxygen atoms in total. The Balaban J connectivity index is 0.00000324. The van der Waals surface area contributed by atoms with Gasteiger partial charge in [0.15, 0.2) is 0 Å². The summed E-state index contributed by atoms with van der Waals surface area (Å²) in [5.74, 6) is 0.0239. The van der Waals surface area contributed by atoms with Crippen LogP contribution in [0.15, 0.2) is 24.3 Å². The first-order valence-electron chi connectivity index (χ1n) is 6.45. The maximum atomic E-state index is 11.6. The summed E-state index contributed by atoms with van der Waals surface area (Å²) >= 11 is 0. The molecule has 0 spiro atoms. The number of nitrogens with two attached hydrogens (primary N) is 1. The Labute approximate surface area is 122 Å². The van der Waals surface area contributed by atoms with Gasteiger partial charge in [-0.05, 0) is 36.5 Å². The Morgan fingerprint density at radius 3 is 2.21 bits per heavy atom. The number of halogens is 1. The third-order valence-corrected chi connectivity index (χ3v) is 2.86. The molecule has 1 atom stereocenters. The van der Waals surface area contributed by atoms with E-state index in [1.807, 2.05) is 19.1 Å². The number of anilines is 1. The van der Waals surface area contributed by atoms with Crippen molar-refractivity contribution in [2.24, 2.45) is 5.73 Å². The Morgan fingerprint density at radius 2 is 1.79 bits per heavy atom. The van der Waals surface area contributed by atoms with E-state index in [9.17, 15) is 4.79 Å². The van der Waals surface area contributed by atoms with Crippen LogP contribution in [0.5, 0.6) is 0 Å². The third kappa shape index (κ3) is 6.60. The van der Waals surface area contributed by atoms with Crippen molar-refractivity contribution in [3.63, 3.8) is 0 Å². The number of benzene rings is 1. The van der Waals surface area contributed by atoms with Gasteiger partial charge in [0.25, 0.3) is 0 Å². The number of nitrogens with one attached hydrogen (secondary N) is 1. The molecule has 1 rings (SSSR count). The van der Waals surface area contributed by atoms with Crippen molar-refractivity contribution in [3.05, 3.63) is 29.8 Å². The molecule has 3 N–H and O–H groups in total.